The normalized spacial score (nSPS) is 11.4. The van der Waals surface area contributed by atoms with Crippen molar-refractivity contribution in [3.8, 4) is 0 Å². The number of hydrogen-bond acceptors (Lipinski definition) is 2. The van der Waals surface area contributed by atoms with Crippen LogP contribution in [0, 0.1) is 0 Å². The molecule has 2 nitrogen and oxygen atoms in total. The van der Waals surface area contributed by atoms with E-state index < -0.39 is 11.7 Å². The zero-order valence-electron chi connectivity index (χ0n) is 8.77. The zero-order valence-corrected chi connectivity index (χ0v) is 10.3. The van der Waals surface area contributed by atoms with Gasteiger partial charge in [-0.1, -0.05) is 29.4 Å². The fourth-order valence-corrected chi connectivity index (χ4v) is 1.59. The maximum Gasteiger partial charge on any atom is 0.417 e. The summed E-state index contributed by atoms with van der Waals surface area (Å²) >= 11 is 6.42. The molecule has 1 rings (SSSR count). The first-order chi connectivity index (χ1) is 7.84. The number of carbonyl (C=O) groups is 1. The maximum absolute atomic E-state index is 12.5. The highest BCUT2D eigenvalue weighted by Crippen LogP contribution is 2.35. The van der Waals surface area contributed by atoms with E-state index in [1.165, 1.54) is 12.1 Å². The van der Waals surface area contributed by atoms with Crippen LogP contribution in [0.25, 0.3) is 0 Å². The molecule has 1 aromatic carbocycles. The molecule has 0 fully saturated rings. The first-order valence-corrected chi connectivity index (χ1v) is 6.12. The predicted octanol–water partition coefficient (Wildman–Crippen LogP) is 3.93. The molecule has 0 unspecified atom stereocenters. The standard InChI is InChI=1S/C10H9ClF3NOS/c1-17-9(16)15-5-6-2-3-8(11)7(4-6)10(12,13)14/h2-4H,5H2,1H3,(H,15,16). The topological polar surface area (TPSA) is 29.1 Å². The summed E-state index contributed by atoms with van der Waals surface area (Å²) in [5.74, 6) is 0. The summed E-state index contributed by atoms with van der Waals surface area (Å²) in [6.45, 7) is 0.0416. The SMILES string of the molecule is CSC(=O)NCc1ccc(Cl)c(C(F)(F)F)c1. The van der Waals surface area contributed by atoms with E-state index in [0.29, 0.717) is 5.56 Å². The molecule has 7 heteroatoms. The summed E-state index contributed by atoms with van der Waals surface area (Å²) in [4.78, 5) is 10.9. The lowest BCUT2D eigenvalue weighted by Gasteiger charge is -2.11. The molecule has 0 spiro atoms. The molecule has 0 aliphatic heterocycles. The average molecular weight is 284 g/mol. The number of benzene rings is 1. The van der Waals surface area contributed by atoms with Gasteiger partial charge in [0, 0.05) is 6.54 Å². The Labute approximate surface area is 106 Å². The fourth-order valence-electron chi connectivity index (χ4n) is 1.15. The molecule has 0 saturated carbocycles. The summed E-state index contributed by atoms with van der Waals surface area (Å²) in [7, 11) is 0. The number of amides is 1. The summed E-state index contributed by atoms with van der Waals surface area (Å²) in [5.41, 5.74) is -0.542. The lowest BCUT2D eigenvalue weighted by atomic mass is 10.1. The van der Waals surface area contributed by atoms with Gasteiger partial charge in [0.1, 0.15) is 0 Å². The quantitative estimate of drug-likeness (QED) is 0.891. The molecule has 0 radical (unpaired) electrons. The van der Waals surface area contributed by atoms with Gasteiger partial charge in [-0.05, 0) is 24.0 Å². The van der Waals surface area contributed by atoms with Crippen LogP contribution in [-0.4, -0.2) is 11.5 Å². The van der Waals surface area contributed by atoms with Crippen LogP contribution in [-0.2, 0) is 12.7 Å². The summed E-state index contributed by atoms with van der Waals surface area (Å²) in [6, 6.07) is 3.55. The van der Waals surface area contributed by atoms with E-state index in [1.54, 1.807) is 6.26 Å². The molecule has 1 amide bonds. The van der Waals surface area contributed by atoms with Crippen molar-refractivity contribution in [2.75, 3.05) is 6.26 Å². The third kappa shape index (κ3) is 4.12. The van der Waals surface area contributed by atoms with Crippen molar-refractivity contribution in [2.45, 2.75) is 12.7 Å². The zero-order chi connectivity index (χ0) is 13.1. The first kappa shape index (κ1) is 14.2. The smallest absolute Gasteiger partial charge is 0.343 e. The molecule has 94 valence electrons. The van der Waals surface area contributed by atoms with Crippen molar-refractivity contribution in [1.29, 1.82) is 0 Å². The minimum absolute atomic E-state index is 0.0416. The van der Waals surface area contributed by atoms with Gasteiger partial charge < -0.3 is 5.32 Å². The monoisotopic (exact) mass is 283 g/mol. The highest BCUT2D eigenvalue weighted by Gasteiger charge is 2.33. The Bertz CT molecular complexity index is 423. The van der Waals surface area contributed by atoms with Gasteiger partial charge in [0.2, 0.25) is 0 Å². The molecule has 1 aromatic rings. The Morgan fingerprint density at radius 3 is 2.65 bits per heavy atom. The summed E-state index contributed by atoms with van der Waals surface area (Å²) < 4.78 is 37.6. The van der Waals surface area contributed by atoms with E-state index in [-0.39, 0.29) is 16.8 Å². The van der Waals surface area contributed by atoms with E-state index in [1.807, 2.05) is 0 Å². The molecule has 17 heavy (non-hydrogen) atoms. The van der Waals surface area contributed by atoms with Gasteiger partial charge in [-0.15, -0.1) is 0 Å². The lowest BCUT2D eigenvalue weighted by molar-refractivity contribution is -0.137. The Hall–Kier alpha value is -0.880. The number of thioether (sulfide) groups is 1. The second-order valence-electron chi connectivity index (χ2n) is 3.16. The van der Waals surface area contributed by atoms with Gasteiger partial charge in [-0.25, -0.2) is 0 Å². The van der Waals surface area contributed by atoms with Crippen LogP contribution in [0.1, 0.15) is 11.1 Å². The Morgan fingerprint density at radius 1 is 1.47 bits per heavy atom. The van der Waals surface area contributed by atoms with Gasteiger partial charge in [-0.3, -0.25) is 4.79 Å². The Balaban J connectivity index is 2.86. The Morgan fingerprint density at radius 2 is 2.12 bits per heavy atom. The van der Waals surface area contributed by atoms with E-state index in [9.17, 15) is 18.0 Å². The number of carbonyl (C=O) groups excluding carboxylic acids is 1. The number of alkyl halides is 3. The van der Waals surface area contributed by atoms with Gasteiger partial charge in [-0.2, -0.15) is 13.2 Å². The molecule has 0 heterocycles. The van der Waals surface area contributed by atoms with Crippen LogP contribution in [0.4, 0.5) is 18.0 Å². The van der Waals surface area contributed by atoms with Crippen LogP contribution < -0.4 is 5.32 Å². The maximum atomic E-state index is 12.5. The van der Waals surface area contributed by atoms with E-state index in [4.69, 9.17) is 11.6 Å². The predicted molar refractivity (Wildman–Crippen MR) is 62.2 cm³/mol. The van der Waals surface area contributed by atoms with Crippen molar-refractivity contribution >= 4 is 28.6 Å². The van der Waals surface area contributed by atoms with Crippen molar-refractivity contribution < 1.29 is 18.0 Å². The average Bonchev–Trinajstić information content (AvgIpc) is 2.26. The Kier molecular flexibility index (Phi) is 4.70. The molecule has 1 N–H and O–H groups in total. The van der Waals surface area contributed by atoms with Crippen molar-refractivity contribution in [1.82, 2.24) is 5.32 Å². The fraction of sp³-hybridized carbons (Fsp3) is 0.300. The van der Waals surface area contributed by atoms with Crippen LogP contribution in [0.15, 0.2) is 18.2 Å². The highest BCUT2D eigenvalue weighted by atomic mass is 35.5. The van der Waals surface area contributed by atoms with Gasteiger partial charge in [0.25, 0.3) is 5.24 Å². The van der Waals surface area contributed by atoms with Crippen molar-refractivity contribution in [3.05, 3.63) is 34.3 Å². The van der Waals surface area contributed by atoms with Crippen molar-refractivity contribution in [3.63, 3.8) is 0 Å². The molecule has 0 aromatic heterocycles. The molecular weight excluding hydrogens is 275 g/mol. The van der Waals surface area contributed by atoms with Crippen LogP contribution in [0.3, 0.4) is 0 Å². The highest BCUT2D eigenvalue weighted by molar-refractivity contribution is 8.12. The largest absolute Gasteiger partial charge is 0.417 e. The van der Waals surface area contributed by atoms with Crippen LogP contribution >= 0.6 is 23.4 Å². The van der Waals surface area contributed by atoms with Crippen LogP contribution in [0.5, 0.6) is 0 Å². The summed E-state index contributed by atoms with van der Waals surface area (Å²) in [6.07, 6.45) is -2.91. The van der Waals surface area contributed by atoms with Crippen molar-refractivity contribution in [2.24, 2.45) is 0 Å². The van der Waals surface area contributed by atoms with Crippen LogP contribution in [0.2, 0.25) is 5.02 Å². The summed E-state index contributed by atoms with van der Waals surface area (Å²) in [5, 5.41) is 1.81. The van der Waals surface area contributed by atoms with Gasteiger partial charge in [0.05, 0.1) is 10.6 Å². The molecular formula is C10H9ClF3NOS. The third-order valence-electron chi connectivity index (χ3n) is 1.96. The molecule has 0 aliphatic carbocycles. The van der Waals surface area contributed by atoms with Gasteiger partial charge in [0.15, 0.2) is 0 Å². The number of halogens is 4. The number of nitrogens with one attached hydrogen (secondary N) is 1. The molecule has 0 atom stereocenters. The molecule has 0 bridgehead atoms. The molecule has 0 saturated heterocycles. The van der Waals surface area contributed by atoms with E-state index >= 15 is 0 Å². The van der Waals surface area contributed by atoms with E-state index in [2.05, 4.69) is 5.32 Å². The number of hydrogen-bond donors (Lipinski definition) is 1. The lowest BCUT2D eigenvalue weighted by Crippen LogP contribution is -2.18. The first-order valence-electron chi connectivity index (χ1n) is 4.52. The second kappa shape index (κ2) is 5.64. The second-order valence-corrected chi connectivity index (χ2v) is 4.34. The van der Waals surface area contributed by atoms with Gasteiger partial charge >= 0.3 is 6.18 Å². The minimum Gasteiger partial charge on any atom is -0.343 e. The third-order valence-corrected chi connectivity index (χ3v) is 2.80. The minimum atomic E-state index is -4.49. The van der Waals surface area contributed by atoms with E-state index in [0.717, 1.165) is 17.8 Å². The number of rotatable bonds is 2. The molecule has 0 aliphatic rings.